The monoisotopic (exact) mass is 184 g/mol. The number of aromatic amines is 1. The van der Waals surface area contributed by atoms with Gasteiger partial charge in [-0.15, -0.1) is 10.2 Å². The van der Waals surface area contributed by atoms with Crippen molar-refractivity contribution in [1.29, 1.82) is 0 Å². The topological polar surface area (TPSA) is 97.0 Å². The maximum absolute atomic E-state index is 11.1. The van der Waals surface area contributed by atoms with Gasteiger partial charge in [-0.3, -0.25) is 4.79 Å². The molecule has 70 valence electrons. The normalized spacial score (nSPS) is 9.38. The smallest absolute Gasteiger partial charge is 0.361 e. The summed E-state index contributed by atoms with van der Waals surface area (Å²) in [7, 11) is 2.63. The van der Waals surface area contributed by atoms with Gasteiger partial charge in [0, 0.05) is 7.05 Å². The standard InChI is InChI=1S/C6H8N4O3/c1-7-5(11)3-4(6(12)13-2)9-10-8-3/h1-2H3,(H,7,11)(H,8,9,10). The zero-order chi connectivity index (χ0) is 9.84. The van der Waals surface area contributed by atoms with Crippen LogP contribution < -0.4 is 5.32 Å². The highest BCUT2D eigenvalue weighted by Crippen LogP contribution is 2.01. The molecule has 1 aromatic heterocycles. The molecule has 0 aliphatic carbocycles. The highest BCUT2D eigenvalue weighted by atomic mass is 16.5. The maximum Gasteiger partial charge on any atom is 0.361 e. The molecule has 13 heavy (non-hydrogen) atoms. The summed E-state index contributed by atoms with van der Waals surface area (Å²) in [5, 5.41) is 11.5. The molecule has 1 heterocycles. The Bertz CT molecular complexity index is 302. The molecule has 0 saturated carbocycles. The average Bonchev–Trinajstić information content (AvgIpc) is 2.63. The van der Waals surface area contributed by atoms with Gasteiger partial charge in [-0.1, -0.05) is 0 Å². The number of carbonyl (C=O) groups excluding carboxylic acids is 2. The van der Waals surface area contributed by atoms with Crippen LogP contribution in [-0.2, 0) is 4.74 Å². The molecule has 0 atom stereocenters. The van der Waals surface area contributed by atoms with Crippen molar-refractivity contribution in [3.8, 4) is 0 Å². The number of rotatable bonds is 2. The summed E-state index contributed by atoms with van der Waals surface area (Å²) in [6.45, 7) is 0. The number of H-pyrrole nitrogens is 1. The fraction of sp³-hybridized carbons (Fsp3) is 0.333. The molecule has 0 aliphatic rings. The van der Waals surface area contributed by atoms with Gasteiger partial charge in [-0.2, -0.15) is 5.21 Å². The molecule has 0 unspecified atom stereocenters. The number of hydrogen-bond acceptors (Lipinski definition) is 5. The van der Waals surface area contributed by atoms with Crippen LogP contribution in [0.2, 0.25) is 0 Å². The molecule has 0 bridgehead atoms. The van der Waals surface area contributed by atoms with Crippen LogP contribution in [0.15, 0.2) is 0 Å². The van der Waals surface area contributed by atoms with E-state index in [-0.39, 0.29) is 11.4 Å². The van der Waals surface area contributed by atoms with Crippen molar-refractivity contribution < 1.29 is 14.3 Å². The lowest BCUT2D eigenvalue weighted by molar-refractivity contribution is 0.0589. The van der Waals surface area contributed by atoms with Crippen molar-refractivity contribution >= 4 is 11.9 Å². The lowest BCUT2D eigenvalue weighted by Crippen LogP contribution is -2.21. The number of esters is 1. The van der Waals surface area contributed by atoms with E-state index in [2.05, 4.69) is 25.5 Å². The lowest BCUT2D eigenvalue weighted by atomic mass is 10.3. The minimum absolute atomic E-state index is 0.0747. The summed E-state index contributed by atoms with van der Waals surface area (Å²) in [6.07, 6.45) is 0. The molecule has 2 N–H and O–H groups in total. The molecule has 1 aromatic rings. The van der Waals surface area contributed by atoms with Crippen molar-refractivity contribution in [1.82, 2.24) is 20.7 Å². The minimum Gasteiger partial charge on any atom is -0.464 e. The number of nitrogens with one attached hydrogen (secondary N) is 2. The molecule has 1 amide bonds. The number of amides is 1. The van der Waals surface area contributed by atoms with Gasteiger partial charge in [-0.05, 0) is 0 Å². The highest BCUT2D eigenvalue weighted by molar-refractivity contribution is 6.02. The number of nitrogens with zero attached hydrogens (tertiary/aromatic N) is 2. The first-order valence-corrected chi connectivity index (χ1v) is 3.42. The Hall–Kier alpha value is -1.92. The summed E-state index contributed by atoms with van der Waals surface area (Å²) in [5.74, 6) is -1.19. The van der Waals surface area contributed by atoms with Crippen LogP contribution in [0.4, 0.5) is 0 Å². The summed E-state index contributed by atoms with van der Waals surface area (Å²) >= 11 is 0. The number of carbonyl (C=O) groups is 2. The van der Waals surface area contributed by atoms with Crippen LogP contribution in [0.5, 0.6) is 0 Å². The van der Waals surface area contributed by atoms with Crippen LogP contribution in [0.25, 0.3) is 0 Å². The second-order valence-electron chi connectivity index (χ2n) is 2.09. The number of hydrogen-bond donors (Lipinski definition) is 2. The molecule has 0 aromatic carbocycles. The maximum atomic E-state index is 11.1. The molecule has 0 radical (unpaired) electrons. The van der Waals surface area contributed by atoms with Crippen LogP contribution in [0.3, 0.4) is 0 Å². The van der Waals surface area contributed by atoms with Crippen molar-refractivity contribution in [2.45, 2.75) is 0 Å². The van der Waals surface area contributed by atoms with E-state index in [1.165, 1.54) is 14.2 Å². The molecular weight excluding hydrogens is 176 g/mol. The predicted molar refractivity (Wildman–Crippen MR) is 41.1 cm³/mol. The van der Waals surface area contributed by atoms with E-state index in [0.717, 1.165) is 0 Å². The summed E-state index contributed by atoms with van der Waals surface area (Å²) in [6, 6.07) is 0. The predicted octanol–water partition coefficient (Wildman–Crippen LogP) is -1.05. The van der Waals surface area contributed by atoms with Gasteiger partial charge in [0.05, 0.1) is 7.11 Å². The van der Waals surface area contributed by atoms with Gasteiger partial charge >= 0.3 is 5.97 Å². The van der Waals surface area contributed by atoms with Gasteiger partial charge in [-0.25, -0.2) is 4.79 Å². The van der Waals surface area contributed by atoms with Crippen LogP contribution >= 0.6 is 0 Å². The zero-order valence-corrected chi connectivity index (χ0v) is 7.12. The van der Waals surface area contributed by atoms with Crippen LogP contribution in [-0.4, -0.2) is 41.4 Å². The third-order valence-electron chi connectivity index (χ3n) is 1.37. The lowest BCUT2D eigenvalue weighted by Gasteiger charge is -1.96. The number of methoxy groups -OCH3 is 1. The van der Waals surface area contributed by atoms with Crippen molar-refractivity contribution in [3.05, 3.63) is 11.4 Å². The Morgan fingerprint density at radius 2 is 2.00 bits per heavy atom. The van der Waals surface area contributed by atoms with Crippen LogP contribution in [0, 0.1) is 0 Å². The molecule has 0 spiro atoms. The van der Waals surface area contributed by atoms with E-state index in [0.29, 0.717) is 0 Å². The van der Waals surface area contributed by atoms with E-state index < -0.39 is 11.9 Å². The number of ether oxygens (including phenoxy) is 1. The first-order valence-electron chi connectivity index (χ1n) is 3.42. The third-order valence-corrected chi connectivity index (χ3v) is 1.37. The Morgan fingerprint density at radius 1 is 1.38 bits per heavy atom. The SMILES string of the molecule is CNC(=O)c1n[nH]nc1C(=O)OC. The summed E-state index contributed by atoms with van der Waals surface area (Å²) in [5.41, 5.74) is -0.198. The molecule has 1 rings (SSSR count). The first-order chi connectivity index (χ1) is 6.20. The summed E-state index contributed by atoms with van der Waals surface area (Å²) < 4.78 is 4.39. The van der Waals surface area contributed by atoms with Crippen LogP contribution in [0.1, 0.15) is 21.0 Å². The Morgan fingerprint density at radius 3 is 2.54 bits per heavy atom. The second-order valence-corrected chi connectivity index (χ2v) is 2.09. The van der Waals surface area contributed by atoms with Crippen molar-refractivity contribution in [2.75, 3.05) is 14.2 Å². The largest absolute Gasteiger partial charge is 0.464 e. The zero-order valence-electron chi connectivity index (χ0n) is 7.12. The van der Waals surface area contributed by atoms with Crippen molar-refractivity contribution in [2.24, 2.45) is 0 Å². The van der Waals surface area contributed by atoms with E-state index in [9.17, 15) is 9.59 Å². The van der Waals surface area contributed by atoms with Gasteiger partial charge in [0.1, 0.15) is 0 Å². The Balaban J connectivity index is 3.02. The fourth-order valence-electron chi connectivity index (χ4n) is 0.747. The third kappa shape index (κ3) is 1.63. The molecular formula is C6H8N4O3. The molecule has 7 nitrogen and oxygen atoms in total. The first kappa shape index (κ1) is 9.17. The molecule has 7 heteroatoms. The van der Waals surface area contributed by atoms with E-state index >= 15 is 0 Å². The summed E-state index contributed by atoms with van der Waals surface area (Å²) in [4.78, 5) is 22.1. The molecule has 0 aliphatic heterocycles. The minimum atomic E-state index is -0.702. The van der Waals surface area contributed by atoms with E-state index in [4.69, 9.17) is 0 Å². The van der Waals surface area contributed by atoms with Gasteiger partial charge in [0.15, 0.2) is 5.69 Å². The second kappa shape index (κ2) is 3.65. The Kier molecular flexibility index (Phi) is 2.58. The average molecular weight is 184 g/mol. The van der Waals surface area contributed by atoms with Crippen molar-refractivity contribution in [3.63, 3.8) is 0 Å². The Labute approximate surface area is 73.5 Å². The van der Waals surface area contributed by atoms with E-state index in [1.807, 2.05) is 0 Å². The molecule has 0 fully saturated rings. The van der Waals surface area contributed by atoms with Gasteiger partial charge in [0.25, 0.3) is 5.91 Å². The fourth-order valence-corrected chi connectivity index (χ4v) is 0.747. The number of aromatic nitrogens is 3. The molecule has 0 saturated heterocycles. The highest BCUT2D eigenvalue weighted by Gasteiger charge is 2.21. The van der Waals surface area contributed by atoms with Gasteiger partial charge < -0.3 is 10.1 Å². The van der Waals surface area contributed by atoms with Gasteiger partial charge in [0.2, 0.25) is 5.69 Å². The quantitative estimate of drug-likeness (QED) is 0.571. The van der Waals surface area contributed by atoms with E-state index in [1.54, 1.807) is 0 Å².